The van der Waals surface area contributed by atoms with Gasteiger partial charge in [0.05, 0.1) is 5.92 Å². The highest BCUT2D eigenvalue weighted by Gasteiger charge is 2.42. The highest BCUT2D eigenvalue weighted by molar-refractivity contribution is 5.19. The molecule has 3 nitrogen and oxygen atoms in total. The van der Waals surface area contributed by atoms with E-state index in [0.717, 1.165) is 0 Å². The Morgan fingerprint density at radius 1 is 1.40 bits per heavy atom. The van der Waals surface area contributed by atoms with Gasteiger partial charge in [0.2, 0.25) is 0 Å². The number of nitrogens with zero attached hydrogens (tertiary/aromatic N) is 1. The van der Waals surface area contributed by atoms with E-state index in [1.165, 1.54) is 24.5 Å². The van der Waals surface area contributed by atoms with Crippen LogP contribution in [0.5, 0.6) is 0 Å². The van der Waals surface area contributed by atoms with Gasteiger partial charge in [-0.3, -0.25) is 0 Å². The van der Waals surface area contributed by atoms with Crippen LogP contribution in [0.25, 0.3) is 0 Å². The molecule has 1 aliphatic rings. The third kappa shape index (κ3) is 2.07. The van der Waals surface area contributed by atoms with Crippen molar-refractivity contribution in [1.82, 2.24) is 5.32 Å². The second-order valence-corrected chi connectivity index (χ2v) is 3.76. The molecule has 1 aliphatic heterocycles. The zero-order chi connectivity index (χ0) is 10.9. The largest absolute Gasteiger partial charge is 0.619 e. The summed E-state index contributed by atoms with van der Waals surface area (Å²) >= 11 is 0. The Labute approximate surface area is 86.3 Å². The topological polar surface area (TPSA) is 39.0 Å². The fourth-order valence-corrected chi connectivity index (χ4v) is 1.84. The molecule has 1 N–H and O–H groups in total. The zero-order valence-electron chi connectivity index (χ0n) is 8.12. The van der Waals surface area contributed by atoms with Crippen molar-refractivity contribution in [2.45, 2.75) is 18.3 Å². The molecule has 2 rings (SSSR count). The van der Waals surface area contributed by atoms with Gasteiger partial charge < -0.3 is 10.5 Å². The van der Waals surface area contributed by atoms with Gasteiger partial charge in [-0.25, -0.2) is 8.78 Å². The molecular weight excluding hydrogens is 202 g/mol. The Morgan fingerprint density at radius 2 is 2.07 bits per heavy atom. The van der Waals surface area contributed by atoms with E-state index in [4.69, 9.17) is 0 Å². The molecule has 0 unspecified atom stereocenters. The average Bonchev–Trinajstić information content (AvgIpc) is 2.19. The third-order valence-corrected chi connectivity index (χ3v) is 2.72. The highest BCUT2D eigenvalue weighted by Crippen LogP contribution is 2.37. The summed E-state index contributed by atoms with van der Waals surface area (Å²) in [6, 6.07) is 2.91. The normalized spacial score (nSPS) is 25.1. The van der Waals surface area contributed by atoms with Gasteiger partial charge in [0, 0.05) is 31.6 Å². The SMILES string of the molecule is [O-][n+]1ccc([C@@H]2CNCCC2(F)F)cc1. The standard InChI is InChI=1S/C10H12F2N2O/c11-10(12)3-4-13-7-9(10)8-1-5-14(15)6-2-8/h1-2,5-6,9,13H,3-4,7H2/t9-/m0/s1. The summed E-state index contributed by atoms with van der Waals surface area (Å²) in [5.74, 6) is -3.51. The Bertz CT molecular complexity index is 340. The minimum atomic E-state index is -2.68. The van der Waals surface area contributed by atoms with Gasteiger partial charge in [0.25, 0.3) is 5.92 Å². The number of hydrogen-bond donors (Lipinski definition) is 1. The molecule has 15 heavy (non-hydrogen) atoms. The van der Waals surface area contributed by atoms with Crippen molar-refractivity contribution in [2.75, 3.05) is 13.1 Å². The zero-order valence-corrected chi connectivity index (χ0v) is 8.12. The lowest BCUT2D eigenvalue weighted by Gasteiger charge is -2.31. The molecule has 1 saturated heterocycles. The Balaban J connectivity index is 2.25. The van der Waals surface area contributed by atoms with Crippen molar-refractivity contribution in [1.29, 1.82) is 0 Å². The van der Waals surface area contributed by atoms with E-state index in [0.29, 0.717) is 16.8 Å². The summed E-state index contributed by atoms with van der Waals surface area (Å²) in [4.78, 5) is 0. The maximum atomic E-state index is 13.5. The van der Waals surface area contributed by atoms with E-state index in [1.54, 1.807) is 0 Å². The highest BCUT2D eigenvalue weighted by atomic mass is 19.3. The second-order valence-electron chi connectivity index (χ2n) is 3.76. The molecule has 1 fully saturated rings. The van der Waals surface area contributed by atoms with Gasteiger partial charge >= 0.3 is 0 Å². The lowest BCUT2D eigenvalue weighted by Crippen LogP contribution is -2.43. The number of halogens is 2. The van der Waals surface area contributed by atoms with E-state index >= 15 is 0 Å². The molecule has 82 valence electrons. The van der Waals surface area contributed by atoms with Crippen molar-refractivity contribution >= 4 is 0 Å². The lowest BCUT2D eigenvalue weighted by atomic mass is 9.89. The summed E-state index contributed by atoms with van der Waals surface area (Å²) in [6.45, 7) is 0.605. The van der Waals surface area contributed by atoms with Crippen LogP contribution in [-0.4, -0.2) is 19.0 Å². The van der Waals surface area contributed by atoms with Crippen LogP contribution in [0, 0.1) is 5.21 Å². The predicted octanol–water partition coefficient (Wildman–Crippen LogP) is 1.03. The molecule has 5 heteroatoms. The maximum absolute atomic E-state index is 13.5. The van der Waals surface area contributed by atoms with Crippen molar-refractivity contribution in [3.63, 3.8) is 0 Å². The van der Waals surface area contributed by atoms with Crippen LogP contribution in [0.2, 0.25) is 0 Å². The Kier molecular flexibility index (Phi) is 2.56. The van der Waals surface area contributed by atoms with Crippen LogP contribution in [0.3, 0.4) is 0 Å². The first kappa shape index (κ1) is 10.3. The van der Waals surface area contributed by atoms with Gasteiger partial charge in [-0.15, -0.1) is 0 Å². The van der Waals surface area contributed by atoms with Crippen LogP contribution in [-0.2, 0) is 0 Å². The first-order valence-electron chi connectivity index (χ1n) is 4.87. The molecule has 1 aromatic heterocycles. The summed E-state index contributed by atoms with van der Waals surface area (Å²) in [5.41, 5.74) is 0.513. The number of aromatic nitrogens is 1. The number of alkyl halides is 2. The van der Waals surface area contributed by atoms with Gasteiger partial charge in [0.15, 0.2) is 12.4 Å². The van der Waals surface area contributed by atoms with Gasteiger partial charge in [-0.05, 0) is 5.56 Å². The number of hydrogen-bond acceptors (Lipinski definition) is 2. The first-order chi connectivity index (χ1) is 7.09. The Morgan fingerprint density at radius 3 is 2.67 bits per heavy atom. The Hall–Kier alpha value is -1.23. The van der Waals surface area contributed by atoms with E-state index in [1.807, 2.05) is 0 Å². The number of piperidine rings is 1. The smallest absolute Gasteiger partial charge is 0.257 e. The summed E-state index contributed by atoms with van der Waals surface area (Å²) in [5, 5.41) is 13.7. The molecule has 0 radical (unpaired) electrons. The quantitative estimate of drug-likeness (QED) is 0.560. The fourth-order valence-electron chi connectivity index (χ4n) is 1.84. The van der Waals surface area contributed by atoms with E-state index in [9.17, 15) is 14.0 Å². The third-order valence-electron chi connectivity index (χ3n) is 2.72. The number of rotatable bonds is 1. The molecule has 1 atom stereocenters. The van der Waals surface area contributed by atoms with Crippen molar-refractivity contribution < 1.29 is 13.5 Å². The van der Waals surface area contributed by atoms with Crippen LogP contribution in [0.1, 0.15) is 17.9 Å². The van der Waals surface area contributed by atoms with Gasteiger partial charge in [-0.2, -0.15) is 4.73 Å². The minimum Gasteiger partial charge on any atom is -0.619 e. The average molecular weight is 214 g/mol. The lowest BCUT2D eigenvalue weighted by molar-refractivity contribution is -0.605. The fraction of sp³-hybridized carbons (Fsp3) is 0.500. The number of nitrogens with one attached hydrogen (secondary N) is 1. The maximum Gasteiger partial charge on any atom is 0.257 e. The molecule has 2 heterocycles. The molecule has 1 aromatic rings. The molecule has 0 spiro atoms. The molecule has 0 aliphatic carbocycles. The summed E-state index contributed by atoms with van der Waals surface area (Å²) in [6.07, 6.45) is 2.35. The monoisotopic (exact) mass is 214 g/mol. The summed E-state index contributed by atoms with van der Waals surface area (Å²) < 4.78 is 27.7. The van der Waals surface area contributed by atoms with Gasteiger partial charge in [-0.1, -0.05) is 0 Å². The van der Waals surface area contributed by atoms with Crippen molar-refractivity contribution in [3.05, 3.63) is 35.3 Å². The molecular formula is C10H12F2N2O. The van der Waals surface area contributed by atoms with Crippen molar-refractivity contribution in [2.24, 2.45) is 0 Å². The molecule has 0 bridgehead atoms. The molecule has 0 amide bonds. The van der Waals surface area contributed by atoms with E-state index < -0.39 is 11.8 Å². The van der Waals surface area contributed by atoms with Crippen LogP contribution in [0.15, 0.2) is 24.5 Å². The first-order valence-corrected chi connectivity index (χ1v) is 4.87. The molecule has 0 aromatic carbocycles. The van der Waals surface area contributed by atoms with E-state index in [-0.39, 0.29) is 13.0 Å². The van der Waals surface area contributed by atoms with Crippen LogP contribution >= 0.6 is 0 Å². The molecule has 0 saturated carbocycles. The second kappa shape index (κ2) is 3.73. The van der Waals surface area contributed by atoms with Crippen molar-refractivity contribution in [3.8, 4) is 0 Å². The van der Waals surface area contributed by atoms with Gasteiger partial charge in [0.1, 0.15) is 0 Å². The predicted molar refractivity (Wildman–Crippen MR) is 50.6 cm³/mol. The van der Waals surface area contributed by atoms with Crippen LogP contribution < -0.4 is 10.0 Å². The minimum absolute atomic E-state index is 0.149. The number of pyridine rings is 1. The summed E-state index contributed by atoms with van der Waals surface area (Å²) in [7, 11) is 0. The van der Waals surface area contributed by atoms with E-state index in [2.05, 4.69) is 5.32 Å². The van der Waals surface area contributed by atoms with Crippen LogP contribution in [0.4, 0.5) is 8.78 Å².